The quantitative estimate of drug-likeness (QED) is 0.732. The van der Waals surface area contributed by atoms with Crippen molar-refractivity contribution in [2.24, 2.45) is 4.99 Å². The molecule has 110 valence electrons. The summed E-state index contributed by atoms with van der Waals surface area (Å²) in [6, 6.07) is 14.3. The van der Waals surface area contributed by atoms with E-state index in [0.29, 0.717) is 6.42 Å². The molecule has 2 nitrogen and oxygen atoms in total. The van der Waals surface area contributed by atoms with Gasteiger partial charge in [0.25, 0.3) is 0 Å². The summed E-state index contributed by atoms with van der Waals surface area (Å²) in [6.07, 6.45) is 8.68. The zero-order valence-electron chi connectivity index (χ0n) is 11.8. The molecule has 0 spiro atoms. The van der Waals surface area contributed by atoms with Crippen LogP contribution in [0.3, 0.4) is 0 Å². The van der Waals surface area contributed by atoms with Gasteiger partial charge in [0.2, 0.25) is 0 Å². The summed E-state index contributed by atoms with van der Waals surface area (Å²) in [5.74, 6) is 0. The molecule has 3 rings (SSSR count). The van der Waals surface area contributed by atoms with Crippen molar-refractivity contribution in [2.45, 2.75) is 12.0 Å². The van der Waals surface area contributed by atoms with Crippen LogP contribution in [0, 0.1) is 5.41 Å². The predicted octanol–water partition coefficient (Wildman–Crippen LogP) is 5.40. The Labute approximate surface area is 139 Å². The first-order chi connectivity index (χ1) is 10.6. The second-order valence-corrected chi connectivity index (χ2v) is 5.89. The van der Waals surface area contributed by atoms with E-state index in [0.717, 1.165) is 16.3 Å². The second kappa shape index (κ2) is 6.07. The molecule has 0 amide bonds. The highest BCUT2D eigenvalue weighted by Crippen LogP contribution is 2.38. The van der Waals surface area contributed by atoms with Crippen LogP contribution >= 0.6 is 23.2 Å². The van der Waals surface area contributed by atoms with Gasteiger partial charge in [0.05, 0.1) is 0 Å². The fraction of sp³-hybridized carbons (Fsp3) is 0.111. The third-order valence-electron chi connectivity index (χ3n) is 3.78. The molecule has 0 saturated heterocycles. The molecule has 1 aliphatic rings. The molecule has 1 atom stereocenters. The molecule has 22 heavy (non-hydrogen) atoms. The molecular weight excluding hydrogens is 315 g/mol. The van der Waals surface area contributed by atoms with E-state index in [1.165, 1.54) is 0 Å². The lowest BCUT2D eigenvalue weighted by Crippen LogP contribution is -2.24. The molecule has 0 aliphatic heterocycles. The SMILES string of the molecule is N=C(Cl)C(Cl)=NC1(c2cccc3ccccc23)C=CC=CC1. The molecule has 1 unspecified atom stereocenters. The molecule has 1 N–H and O–H groups in total. The van der Waals surface area contributed by atoms with Gasteiger partial charge >= 0.3 is 0 Å². The van der Waals surface area contributed by atoms with E-state index in [-0.39, 0.29) is 10.3 Å². The molecule has 0 radical (unpaired) electrons. The van der Waals surface area contributed by atoms with Gasteiger partial charge in [-0.3, -0.25) is 10.4 Å². The Morgan fingerprint density at radius 1 is 1.05 bits per heavy atom. The number of nitrogens with one attached hydrogen (secondary N) is 1. The van der Waals surface area contributed by atoms with Gasteiger partial charge in [-0.25, -0.2) is 0 Å². The van der Waals surface area contributed by atoms with Crippen LogP contribution in [-0.4, -0.2) is 10.3 Å². The minimum absolute atomic E-state index is 0.0227. The summed E-state index contributed by atoms with van der Waals surface area (Å²) in [5, 5.41) is 9.54. The average molecular weight is 329 g/mol. The number of nitrogens with zero attached hydrogens (tertiary/aromatic N) is 1. The average Bonchev–Trinajstić information content (AvgIpc) is 2.55. The van der Waals surface area contributed by atoms with E-state index in [1.54, 1.807) is 0 Å². The topological polar surface area (TPSA) is 36.2 Å². The highest BCUT2D eigenvalue weighted by atomic mass is 35.5. The second-order valence-electron chi connectivity index (χ2n) is 5.16. The standard InChI is InChI=1S/C18H14Cl2N2/c19-16(21)17(20)22-18(11-4-1-5-12-18)15-10-6-8-13-7-2-3-9-14(13)15/h1-11,21H,12H2. The monoisotopic (exact) mass is 328 g/mol. The molecule has 0 heterocycles. The van der Waals surface area contributed by atoms with E-state index >= 15 is 0 Å². The van der Waals surface area contributed by atoms with Gasteiger partial charge in [-0.05, 0) is 22.8 Å². The van der Waals surface area contributed by atoms with E-state index in [1.807, 2.05) is 42.5 Å². The first kappa shape index (κ1) is 15.0. The maximum Gasteiger partial charge on any atom is 0.161 e. The fourth-order valence-corrected chi connectivity index (χ4v) is 2.97. The first-order valence-corrected chi connectivity index (χ1v) is 7.70. The zero-order chi connectivity index (χ0) is 15.6. The Hall–Kier alpha value is -1.90. The van der Waals surface area contributed by atoms with Gasteiger partial charge in [-0.1, -0.05) is 90.0 Å². The number of halogens is 2. The highest BCUT2D eigenvalue weighted by Gasteiger charge is 2.31. The van der Waals surface area contributed by atoms with Crippen molar-refractivity contribution < 1.29 is 0 Å². The van der Waals surface area contributed by atoms with Gasteiger partial charge in [-0.2, -0.15) is 0 Å². The van der Waals surface area contributed by atoms with E-state index in [2.05, 4.69) is 29.3 Å². The van der Waals surface area contributed by atoms with Gasteiger partial charge in [-0.15, -0.1) is 0 Å². The number of hydrogen-bond acceptors (Lipinski definition) is 2. The lowest BCUT2D eigenvalue weighted by Gasteiger charge is -2.29. The molecule has 0 fully saturated rings. The van der Waals surface area contributed by atoms with Gasteiger partial charge < -0.3 is 0 Å². The summed E-state index contributed by atoms with van der Waals surface area (Å²) in [4.78, 5) is 4.57. The molecule has 0 aromatic heterocycles. The summed E-state index contributed by atoms with van der Waals surface area (Å²) < 4.78 is 0. The summed E-state index contributed by atoms with van der Waals surface area (Å²) in [6.45, 7) is 0. The van der Waals surface area contributed by atoms with Crippen molar-refractivity contribution in [3.8, 4) is 0 Å². The smallest absolute Gasteiger partial charge is 0.161 e. The van der Waals surface area contributed by atoms with E-state index < -0.39 is 5.54 Å². The maximum absolute atomic E-state index is 7.49. The number of benzene rings is 2. The number of hydrogen-bond donors (Lipinski definition) is 1. The largest absolute Gasteiger partial charge is 0.287 e. The normalized spacial score (nSPS) is 21.3. The Morgan fingerprint density at radius 2 is 1.82 bits per heavy atom. The molecule has 2 aromatic carbocycles. The van der Waals surface area contributed by atoms with Crippen molar-refractivity contribution >= 4 is 44.3 Å². The Kier molecular flexibility index (Phi) is 4.14. The first-order valence-electron chi connectivity index (χ1n) is 6.95. The van der Waals surface area contributed by atoms with Crippen LogP contribution in [0.25, 0.3) is 10.8 Å². The van der Waals surface area contributed by atoms with E-state index in [9.17, 15) is 0 Å². The van der Waals surface area contributed by atoms with Crippen molar-refractivity contribution in [1.29, 1.82) is 5.41 Å². The van der Waals surface area contributed by atoms with Gasteiger partial charge in [0.1, 0.15) is 5.54 Å². The molecule has 0 saturated carbocycles. The van der Waals surface area contributed by atoms with Crippen LogP contribution < -0.4 is 0 Å². The summed E-state index contributed by atoms with van der Waals surface area (Å²) in [5.41, 5.74) is 0.427. The van der Waals surface area contributed by atoms with Crippen LogP contribution in [0.5, 0.6) is 0 Å². The van der Waals surface area contributed by atoms with Crippen molar-refractivity contribution in [2.75, 3.05) is 0 Å². The minimum atomic E-state index is -0.631. The van der Waals surface area contributed by atoms with Crippen LogP contribution in [0.15, 0.2) is 71.8 Å². The van der Waals surface area contributed by atoms with Crippen molar-refractivity contribution in [1.82, 2.24) is 0 Å². The van der Waals surface area contributed by atoms with Crippen LogP contribution in [-0.2, 0) is 5.54 Å². The van der Waals surface area contributed by atoms with Crippen LogP contribution in [0.2, 0.25) is 0 Å². The number of rotatable bonds is 3. The van der Waals surface area contributed by atoms with Gasteiger partial charge in [0.15, 0.2) is 10.3 Å². The predicted molar refractivity (Wildman–Crippen MR) is 95.4 cm³/mol. The van der Waals surface area contributed by atoms with Crippen molar-refractivity contribution in [3.05, 3.63) is 72.3 Å². The number of allylic oxidation sites excluding steroid dienone is 2. The van der Waals surface area contributed by atoms with Crippen LogP contribution in [0.4, 0.5) is 0 Å². The molecule has 2 aromatic rings. The minimum Gasteiger partial charge on any atom is -0.287 e. The molecule has 0 bridgehead atoms. The number of aliphatic imine (C=N–C) groups is 1. The zero-order valence-corrected chi connectivity index (χ0v) is 13.3. The highest BCUT2D eigenvalue weighted by molar-refractivity contribution is 6.99. The third kappa shape index (κ3) is 2.72. The fourth-order valence-electron chi connectivity index (χ4n) is 2.78. The maximum atomic E-state index is 7.49. The van der Waals surface area contributed by atoms with Crippen LogP contribution in [0.1, 0.15) is 12.0 Å². The lowest BCUT2D eigenvalue weighted by atomic mass is 9.82. The van der Waals surface area contributed by atoms with Crippen molar-refractivity contribution in [3.63, 3.8) is 0 Å². The Morgan fingerprint density at radius 3 is 2.55 bits per heavy atom. The Bertz CT molecular complexity index is 815. The molecular formula is C18H14Cl2N2. The molecule has 1 aliphatic carbocycles. The lowest BCUT2D eigenvalue weighted by molar-refractivity contribution is 0.577. The van der Waals surface area contributed by atoms with Gasteiger partial charge in [0, 0.05) is 0 Å². The van der Waals surface area contributed by atoms with E-state index in [4.69, 9.17) is 28.6 Å². The third-order valence-corrected chi connectivity index (χ3v) is 4.33. The Balaban J connectivity index is 2.26. The summed E-state index contributed by atoms with van der Waals surface area (Å²) in [7, 11) is 0. The number of fused-ring (bicyclic) bond motifs is 1. The molecule has 4 heteroatoms. The summed E-state index contributed by atoms with van der Waals surface area (Å²) >= 11 is 11.8.